The number of nitrogens with zero attached hydrogens (tertiary/aromatic N) is 2. The van der Waals surface area contributed by atoms with Gasteiger partial charge in [-0.3, -0.25) is 4.57 Å². The standard InChI is InChI=1S/C22H43N2O3P/c1-2-3-4-5-6-7-8-9-10-11-12-13-14-15-18-23-19-16-20-24(23)21-17-22-28(25,26)27/h16,19-20H,2-15,17-18,21-22H2,1H3,(H-,25,26,27)/p+1. The molecule has 1 aromatic rings. The monoisotopic (exact) mass is 415 g/mol. The lowest BCUT2D eigenvalue weighted by Crippen LogP contribution is -2.42. The number of hydrogen-bond acceptors (Lipinski definition) is 1. The quantitative estimate of drug-likeness (QED) is 0.170. The molecule has 0 aliphatic rings. The van der Waals surface area contributed by atoms with Crippen molar-refractivity contribution in [2.75, 3.05) is 6.16 Å². The van der Waals surface area contributed by atoms with Crippen molar-refractivity contribution in [2.24, 2.45) is 0 Å². The fourth-order valence-corrected chi connectivity index (χ4v) is 4.27. The van der Waals surface area contributed by atoms with Gasteiger partial charge in [-0.15, -0.1) is 4.68 Å². The van der Waals surface area contributed by atoms with E-state index < -0.39 is 7.60 Å². The van der Waals surface area contributed by atoms with Gasteiger partial charge in [-0.1, -0.05) is 90.4 Å². The maximum atomic E-state index is 10.9. The molecule has 0 radical (unpaired) electrons. The van der Waals surface area contributed by atoms with Crippen LogP contribution in [0.2, 0.25) is 0 Å². The number of aromatic nitrogens is 2. The Balaban J connectivity index is 1.93. The summed E-state index contributed by atoms with van der Waals surface area (Å²) < 4.78 is 15.2. The van der Waals surface area contributed by atoms with E-state index in [-0.39, 0.29) is 6.16 Å². The highest BCUT2D eigenvalue weighted by atomic mass is 31.2. The summed E-state index contributed by atoms with van der Waals surface area (Å²) in [6.45, 7) is 3.92. The second kappa shape index (κ2) is 16.2. The van der Waals surface area contributed by atoms with Crippen LogP contribution in [-0.2, 0) is 17.7 Å². The first-order valence-corrected chi connectivity index (χ1v) is 13.4. The van der Waals surface area contributed by atoms with Gasteiger partial charge in [0, 0.05) is 12.5 Å². The fraction of sp³-hybridized carbons (Fsp3) is 0.864. The van der Waals surface area contributed by atoms with E-state index in [0.29, 0.717) is 13.0 Å². The van der Waals surface area contributed by atoms with Crippen molar-refractivity contribution in [3.8, 4) is 0 Å². The molecular weight excluding hydrogens is 371 g/mol. The first-order chi connectivity index (χ1) is 13.5. The average Bonchev–Trinajstić information content (AvgIpc) is 3.08. The molecule has 6 heteroatoms. The summed E-state index contributed by atoms with van der Waals surface area (Å²) >= 11 is 0. The van der Waals surface area contributed by atoms with Gasteiger partial charge in [0.05, 0.1) is 18.9 Å². The second-order valence-electron chi connectivity index (χ2n) is 8.15. The minimum atomic E-state index is -3.87. The minimum Gasteiger partial charge on any atom is -0.324 e. The lowest BCUT2D eigenvalue weighted by atomic mass is 10.0. The van der Waals surface area contributed by atoms with E-state index >= 15 is 0 Å². The Morgan fingerprint density at radius 2 is 1.29 bits per heavy atom. The lowest BCUT2D eigenvalue weighted by Gasteiger charge is -2.05. The van der Waals surface area contributed by atoms with Gasteiger partial charge >= 0.3 is 7.60 Å². The number of hydrogen-bond donors (Lipinski definition) is 2. The molecule has 0 atom stereocenters. The molecule has 0 unspecified atom stereocenters. The molecule has 1 rings (SSSR count). The van der Waals surface area contributed by atoms with E-state index in [9.17, 15) is 4.57 Å². The van der Waals surface area contributed by atoms with E-state index in [1.54, 1.807) is 0 Å². The zero-order valence-electron chi connectivity index (χ0n) is 18.1. The first-order valence-electron chi connectivity index (χ1n) is 11.6. The van der Waals surface area contributed by atoms with Crippen LogP contribution in [0.5, 0.6) is 0 Å². The van der Waals surface area contributed by atoms with E-state index in [0.717, 1.165) is 6.54 Å². The summed E-state index contributed by atoms with van der Waals surface area (Å²) in [5.41, 5.74) is 0. The molecule has 0 aliphatic carbocycles. The van der Waals surface area contributed by atoms with E-state index in [2.05, 4.69) is 22.5 Å². The molecule has 0 amide bonds. The van der Waals surface area contributed by atoms with Crippen molar-refractivity contribution in [3.63, 3.8) is 0 Å². The summed E-state index contributed by atoms with van der Waals surface area (Å²) in [6.07, 6.45) is 23.7. The molecule has 2 N–H and O–H groups in total. The largest absolute Gasteiger partial charge is 0.325 e. The zero-order valence-corrected chi connectivity index (χ0v) is 19.0. The predicted octanol–water partition coefficient (Wildman–Crippen LogP) is 5.82. The molecule has 164 valence electrons. The summed E-state index contributed by atoms with van der Waals surface area (Å²) in [5.74, 6) is 0. The zero-order chi connectivity index (χ0) is 20.5. The average molecular weight is 416 g/mol. The molecule has 0 spiro atoms. The SMILES string of the molecule is CCCCCCCCCCCCCCCCn1ccc[n+]1CCCP(=O)(O)O. The Morgan fingerprint density at radius 3 is 1.79 bits per heavy atom. The van der Waals surface area contributed by atoms with Crippen molar-refractivity contribution in [1.82, 2.24) is 4.68 Å². The van der Waals surface area contributed by atoms with Crippen LogP contribution in [0, 0.1) is 0 Å². The molecule has 1 aromatic heterocycles. The highest BCUT2D eigenvalue weighted by Crippen LogP contribution is 2.34. The van der Waals surface area contributed by atoms with Gasteiger partial charge in [0.1, 0.15) is 0 Å². The van der Waals surface area contributed by atoms with Gasteiger partial charge in [0.25, 0.3) is 0 Å². The number of aryl methyl sites for hydroxylation is 2. The van der Waals surface area contributed by atoms with Crippen LogP contribution >= 0.6 is 7.60 Å². The number of rotatable bonds is 19. The number of unbranched alkanes of at least 4 members (excludes halogenated alkanes) is 13. The van der Waals surface area contributed by atoms with Crippen LogP contribution in [0.1, 0.15) is 103 Å². The fourth-order valence-electron chi connectivity index (χ4n) is 3.72. The van der Waals surface area contributed by atoms with Crippen molar-refractivity contribution in [1.29, 1.82) is 0 Å². The summed E-state index contributed by atoms with van der Waals surface area (Å²) in [6, 6.07) is 2.00. The molecule has 0 bridgehead atoms. The summed E-state index contributed by atoms with van der Waals surface area (Å²) in [5, 5.41) is 0. The van der Waals surface area contributed by atoms with E-state index in [4.69, 9.17) is 9.79 Å². The van der Waals surface area contributed by atoms with Crippen LogP contribution < -0.4 is 4.68 Å². The second-order valence-corrected chi connectivity index (χ2v) is 9.93. The third-order valence-corrected chi connectivity index (χ3v) is 6.32. The molecule has 0 aliphatic heterocycles. The van der Waals surface area contributed by atoms with Gasteiger partial charge in [0.2, 0.25) is 0 Å². The highest BCUT2D eigenvalue weighted by Gasteiger charge is 2.15. The minimum absolute atomic E-state index is 0.0377. The maximum absolute atomic E-state index is 10.9. The molecule has 0 saturated heterocycles. The van der Waals surface area contributed by atoms with Crippen LogP contribution in [0.25, 0.3) is 0 Å². The first kappa shape index (κ1) is 25.4. The molecule has 0 fully saturated rings. The van der Waals surface area contributed by atoms with Crippen LogP contribution in [0.15, 0.2) is 18.5 Å². The highest BCUT2D eigenvalue weighted by molar-refractivity contribution is 7.51. The topological polar surface area (TPSA) is 66.3 Å². The third kappa shape index (κ3) is 14.4. The van der Waals surface area contributed by atoms with Crippen molar-refractivity contribution in [2.45, 2.75) is 116 Å². The van der Waals surface area contributed by atoms with Gasteiger partial charge < -0.3 is 9.79 Å². The summed E-state index contributed by atoms with van der Waals surface area (Å²) in [4.78, 5) is 17.9. The third-order valence-electron chi connectivity index (χ3n) is 5.42. The van der Waals surface area contributed by atoms with E-state index in [1.165, 1.54) is 89.9 Å². The van der Waals surface area contributed by atoms with Crippen LogP contribution in [0.4, 0.5) is 0 Å². The Labute approximate surface area is 172 Å². The normalized spacial score (nSPS) is 12.0. The molecular formula is C22H44N2O3P+. The van der Waals surface area contributed by atoms with Crippen molar-refractivity contribution < 1.29 is 19.0 Å². The van der Waals surface area contributed by atoms with Gasteiger partial charge in [0.15, 0.2) is 12.7 Å². The molecule has 0 aromatic carbocycles. The maximum Gasteiger partial charge on any atom is 0.325 e. The molecule has 5 nitrogen and oxygen atoms in total. The lowest BCUT2D eigenvalue weighted by molar-refractivity contribution is -0.775. The molecule has 1 heterocycles. The van der Waals surface area contributed by atoms with Crippen molar-refractivity contribution >= 4 is 7.60 Å². The smallest absolute Gasteiger partial charge is 0.324 e. The Morgan fingerprint density at radius 1 is 0.786 bits per heavy atom. The van der Waals surface area contributed by atoms with Gasteiger partial charge in [-0.25, -0.2) is 0 Å². The Hall–Kier alpha value is -0.640. The van der Waals surface area contributed by atoms with Crippen LogP contribution in [-0.4, -0.2) is 20.6 Å². The molecule has 28 heavy (non-hydrogen) atoms. The summed E-state index contributed by atoms with van der Waals surface area (Å²) in [7, 11) is -3.87. The van der Waals surface area contributed by atoms with Gasteiger partial charge in [-0.05, 0) is 6.42 Å². The van der Waals surface area contributed by atoms with Gasteiger partial charge in [-0.2, -0.15) is 4.68 Å². The van der Waals surface area contributed by atoms with Crippen LogP contribution in [0.3, 0.4) is 0 Å². The predicted molar refractivity (Wildman–Crippen MR) is 116 cm³/mol. The van der Waals surface area contributed by atoms with E-state index in [1.807, 2.05) is 12.3 Å². The van der Waals surface area contributed by atoms with Crippen molar-refractivity contribution in [3.05, 3.63) is 18.5 Å². The Kier molecular flexibility index (Phi) is 14.7. The molecule has 0 saturated carbocycles. The Bertz CT molecular complexity index is 528.